The number of carbonyl (C=O) groups is 2. The third-order valence-corrected chi connectivity index (χ3v) is 4.86. The Labute approximate surface area is 139 Å². The Morgan fingerprint density at radius 2 is 2.13 bits per heavy atom. The van der Waals surface area contributed by atoms with Crippen molar-refractivity contribution in [3.05, 3.63) is 11.1 Å². The summed E-state index contributed by atoms with van der Waals surface area (Å²) < 4.78 is 5.35. The molecule has 1 aromatic rings. The van der Waals surface area contributed by atoms with Gasteiger partial charge in [0.05, 0.1) is 0 Å². The van der Waals surface area contributed by atoms with E-state index >= 15 is 0 Å². The van der Waals surface area contributed by atoms with E-state index in [4.69, 9.17) is 9.84 Å². The van der Waals surface area contributed by atoms with Crippen LogP contribution in [0.4, 0.5) is 9.93 Å². The van der Waals surface area contributed by atoms with Crippen molar-refractivity contribution < 1.29 is 19.4 Å². The average molecular weight is 341 g/mol. The summed E-state index contributed by atoms with van der Waals surface area (Å²) in [7, 11) is 0. The second-order valence-corrected chi connectivity index (χ2v) is 7.37. The lowest BCUT2D eigenvalue weighted by Crippen LogP contribution is -2.45. The van der Waals surface area contributed by atoms with Crippen LogP contribution < -0.4 is 10.6 Å². The number of nitrogens with one attached hydrogen (secondary N) is 2. The molecule has 0 spiro atoms. The summed E-state index contributed by atoms with van der Waals surface area (Å²) in [6, 6.07) is -0.367. The third-order valence-electron chi connectivity index (χ3n) is 3.78. The molecule has 1 fully saturated rings. The van der Waals surface area contributed by atoms with Crippen LogP contribution in [0.3, 0.4) is 0 Å². The Bertz CT molecular complexity index is 553. The summed E-state index contributed by atoms with van der Waals surface area (Å²) in [4.78, 5) is 28.1. The fourth-order valence-corrected chi connectivity index (χ4v) is 3.41. The topological polar surface area (TPSA) is 101 Å². The Balaban J connectivity index is 1.85. The Morgan fingerprint density at radius 1 is 1.43 bits per heavy atom. The van der Waals surface area contributed by atoms with Crippen LogP contribution in [0.5, 0.6) is 0 Å². The molecule has 0 aliphatic carbocycles. The van der Waals surface area contributed by atoms with E-state index in [-0.39, 0.29) is 12.5 Å². The van der Waals surface area contributed by atoms with Gasteiger partial charge in [-0.2, -0.15) is 0 Å². The highest BCUT2D eigenvalue weighted by molar-refractivity contribution is 7.15. The lowest BCUT2D eigenvalue weighted by atomic mass is 9.99. The van der Waals surface area contributed by atoms with E-state index in [9.17, 15) is 9.59 Å². The van der Waals surface area contributed by atoms with Crippen molar-refractivity contribution in [3.63, 3.8) is 0 Å². The summed E-state index contributed by atoms with van der Waals surface area (Å²) in [5, 5.41) is 14.8. The number of ether oxygens (including phenoxy) is 1. The summed E-state index contributed by atoms with van der Waals surface area (Å²) >= 11 is 1.48. The quantitative estimate of drug-likeness (QED) is 0.738. The number of carboxylic acid groups (broad SMARTS) is 1. The number of carbonyl (C=O) groups excluding carboxylic acids is 1. The van der Waals surface area contributed by atoms with E-state index in [2.05, 4.69) is 15.6 Å². The van der Waals surface area contributed by atoms with Gasteiger partial charge in [-0.15, -0.1) is 11.3 Å². The van der Waals surface area contributed by atoms with E-state index in [1.165, 1.54) is 11.3 Å². The fourth-order valence-electron chi connectivity index (χ4n) is 2.43. The molecule has 8 heteroatoms. The zero-order valence-electron chi connectivity index (χ0n) is 13.4. The number of aliphatic carboxylic acids is 1. The first kappa shape index (κ1) is 17.7. The number of nitrogens with zero attached hydrogens (tertiary/aromatic N) is 1. The highest BCUT2D eigenvalue weighted by atomic mass is 32.1. The van der Waals surface area contributed by atoms with Crippen LogP contribution in [-0.2, 0) is 9.53 Å². The number of rotatable bonds is 6. The van der Waals surface area contributed by atoms with E-state index < -0.39 is 11.5 Å². The zero-order valence-corrected chi connectivity index (χ0v) is 14.2. The number of anilines is 1. The van der Waals surface area contributed by atoms with Gasteiger partial charge in [-0.05, 0) is 39.0 Å². The predicted octanol–water partition coefficient (Wildman–Crippen LogP) is 2.80. The summed E-state index contributed by atoms with van der Waals surface area (Å²) in [6.07, 6.45) is 4.15. The monoisotopic (exact) mass is 341 g/mol. The van der Waals surface area contributed by atoms with Gasteiger partial charge in [0.1, 0.15) is 0 Å². The highest BCUT2D eigenvalue weighted by Gasteiger charge is 2.23. The first-order valence-corrected chi connectivity index (χ1v) is 8.52. The lowest BCUT2D eigenvalue weighted by molar-refractivity contribution is -0.137. The summed E-state index contributed by atoms with van der Waals surface area (Å²) in [5.41, 5.74) is -0.594. The van der Waals surface area contributed by atoms with Gasteiger partial charge in [-0.25, -0.2) is 9.78 Å². The molecule has 1 aromatic heterocycles. The summed E-state index contributed by atoms with van der Waals surface area (Å²) in [5.74, 6) is -0.423. The van der Waals surface area contributed by atoms with Crippen LogP contribution in [0.1, 0.15) is 50.3 Å². The molecule has 0 atom stereocenters. The standard InChI is InChI=1S/C15H23N3O4S/c1-15(2,6-3-12(19)20)18-13(21)17-14-16-9-11(23-14)10-4-7-22-8-5-10/h9-10H,3-8H2,1-2H3,(H,19,20)(H2,16,17,18,21). The zero-order chi connectivity index (χ0) is 16.9. The van der Waals surface area contributed by atoms with Gasteiger partial charge in [0.2, 0.25) is 0 Å². The largest absolute Gasteiger partial charge is 0.481 e. The minimum atomic E-state index is -0.874. The van der Waals surface area contributed by atoms with Gasteiger partial charge >= 0.3 is 12.0 Å². The van der Waals surface area contributed by atoms with Crippen LogP contribution in [0, 0.1) is 0 Å². The molecule has 128 valence electrons. The smallest absolute Gasteiger partial charge is 0.321 e. The fraction of sp³-hybridized carbons (Fsp3) is 0.667. The van der Waals surface area contributed by atoms with Gasteiger partial charge in [0.15, 0.2) is 5.13 Å². The number of hydrogen-bond donors (Lipinski definition) is 3. The van der Waals surface area contributed by atoms with Crippen molar-refractivity contribution in [2.24, 2.45) is 0 Å². The number of carboxylic acids is 1. The third kappa shape index (κ3) is 5.80. The van der Waals surface area contributed by atoms with Gasteiger partial charge in [-0.3, -0.25) is 10.1 Å². The van der Waals surface area contributed by atoms with Crippen molar-refractivity contribution in [3.8, 4) is 0 Å². The Kier molecular flexibility index (Phi) is 5.95. The molecule has 1 aliphatic heterocycles. The summed E-state index contributed by atoms with van der Waals surface area (Å²) in [6.45, 7) is 5.13. The molecule has 2 rings (SSSR count). The molecule has 23 heavy (non-hydrogen) atoms. The number of urea groups is 1. The van der Waals surface area contributed by atoms with Gasteiger partial charge in [-0.1, -0.05) is 0 Å². The van der Waals surface area contributed by atoms with E-state index in [1.807, 2.05) is 6.20 Å². The van der Waals surface area contributed by atoms with Gasteiger partial charge in [0, 0.05) is 36.2 Å². The molecule has 0 unspecified atom stereocenters. The van der Waals surface area contributed by atoms with Crippen LogP contribution >= 0.6 is 11.3 Å². The lowest BCUT2D eigenvalue weighted by Gasteiger charge is -2.25. The van der Waals surface area contributed by atoms with E-state index in [1.54, 1.807) is 13.8 Å². The van der Waals surface area contributed by atoms with E-state index in [0.29, 0.717) is 17.5 Å². The van der Waals surface area contributed by atoms with Crippen LogP contribution in [0.25, 0.3) is 0 Å². The van der Waals surface area contributed by atoms with Crippen molar-refractivity contribution in [2.75, 3.05) is 18.5 Å². The molecule has 0 aromatic carbocycles. The highest BCUT2D eigenvalue weighted by Crippen LogP contribution is 2.32. The minimum absolute atomic E-state index is 0.0123. The van der Waals surface area contributed by atoms with Crippen LogP contribution in [-0.4, -0.2) is 40.8 Å². The van der Waals surface area contributed by atoms with E-state index in [0.717, 1.165) is 30.9 Å². The molecule has 0 radical (unpaired) electrons. The predicted molar refractivity (Wildman–Crippen MR) is 88.0 cm³/mol. The minimum Gasteiger partial charge on any atom is -0.481 e. The Hall–Kier alpha value is -1.67. The second kappa shape index (κ2) is 7.74. The maximum Gasteiger partial charge on any atom is 0.321 e. The number of hydrogen-bond acceptors (Lipinski definition) is 5. The normalized spacial score (nSPS) is 16.1. The molecule has 7 nitrogen and oxygen atoms in total. The number of amides is 2. The SMILES string of the molecule is CC(C)(CCC(=O)O)NC(=O)Nc1ncc(C2CCOCC2)s1. The van der Waals surface area contributed by atoms with Crippen molar-refractivity contribution >= 4 is 28.5 Å². The van der Waals surface area contributed by atoms with Crippen LogP contribution in [0.2, 0.25) is 0 Å². The molecule has 1 aliphatic rings. The molecule has 1 saturated heterocycles. The molecule has 0 saturated carbocycles. The number of thiazole rings is 1. The second-order valence-electron chi connectivity index (χ2n) is 6.31. The number of aromatic nitrogens is 1. The molecule has 2 amide bonds. The molecule has 0 bridgehead atoms. The maximum atomic E-state index is 12.0. The van der Waals surface area contributed by atoms with Gasteiger partial charge in [0.25, 0.3) is 0 Å². The Morgan fingerprint density at radius 3 is 2.78 bits per heavy atom. The molecular weight excluding hydrogens is 318 g/mol. The molecule has 2 heterocycles. The van der Waals surface area contributed by atoms with Crippen molar-refractivity contribution in [1.29, 1.82) is 0 Å². The van der Waals surface area contributed by atoms with Crippen molar-refractivity contribution in [1.82, 2.24) is 10.3 Å². The first-order chi connectivity index (χ1) is 10.9. The first-order valence-electron chi connectivity index (χ1n) is 7.70. The average Bonchev–Trinajstić information content (AvgIpc) is 2.94. The maximum absolute atomic E-state index is 12.0. The van der Waals surface area contributed by atoms with Gasteiger partial charge < -0.3 is 15.2 Å². The molecular formula is C15H23N3O4S. The molecule has 3 N–H and O–H groups in total. The van der Waals surface area contributed by atoms with Crippen molar-refractivity contribution in [2.45, 2.75) is 51.0 Å². The van der Waals surface area contributed by atoms with Crippen LogP contribution in [0.15, 0.2) is 6.20 Å².